The van der Waals surface area contributed by atoms with Gasteiger partial charge in [-0.25, -0.2) is 0 Å². The average molecular weight is 341 g/mol. The van der Waals surface area contributed by atoms with Crippen molar-refractivity contribution in [3.05, 3.63) is 58.7 Å². The van der Waals surface area contributed by atoms with Gasteiger partial charge in [0.2, 0.25) is 5.91 Å². The van der Waals surface area contributed by atoms with Gasteiger partial charge >= 0.3 is 0 Å². The Labute approximate surface area is 147 Å². The van der Waals surface area contributed by atoms with E-state index in [4.69, 9.17) is 4.74 Å². The monoisotopic (exact) mass is 341 g/mol. The van der Waals surface area contributed by atoms with Crippen LogP contribution in [0.3, 0.4) is 0 Å². The summed E-state index contributed by atoms with van der Waals surface area (Å²) in [6.45, 7) is 7.20. The van der Waals surface area contributed by atoms with Crippen LogP contribution in [0, 0.1) is 20.8 Å². The van der Waals surface area contributed by atoms with Crippen molar-refractivity contribution in [2.45, 2.75) is 37.3 Å². The molecule has 1 atom stereocenters. The summed E-state index contributed by atoms with van der Waals surface area (Å²) in [5, 5.41) is 2.97. The second-order valence-electron chi connectivity index (χ2n) is 6.33. The quantitative estimate of drug-likeness (QED) is 0.840. The molecule has 0 saturated heterocycles. The summed E-state index contributed by atoms with van der Waals surface area (Å²) in [4.78, 5) is 13.6. The predicted octanol–water partition coefficient (Wildman–Crippen LogP) is 3.82. The summed E-state index contributed by atoms with van der Waals surface area (Å²) in [5.41, 5.74) is 4.86. The molecule has 0 radical (unpaired) electrons. The molecule has 1 aliphatic heterocycles. The first-order valence-electron chi connectivity index (χ1n) is 8.27. The Morgan fingerprint density at radius 3 is 2.71 bits per heavy atom. The van der Waals surface area contributed by atoms with Crippen molar-refractivity contribution in [3.8, 4) is 5.75 Å². The first kappa shape index (κ1) is 16.9. The Morgan fingerprint density at radius 1 is 1.17 bits per heavy atom. The second-order valence-corrected chi connectivity index (χ2v) is 7.57. The van der Waals surface area contributed by atoms with E-state index in [9.17, 15) is 4.79 Å². The molecule has 1 unspecified atom stereocenters. The van der Waals surface area contributed by atoms with Gasteiger partial charge in [-0.05, 0) is 50.5 Å². The van der Waals surface area contributed by atoms with E-state index < -0.39 is 0 Å². The van der Waals surface area contributed by atoms with E-state index in [1.807, 2.05) is 19.1 Å². The van der Waals surface area contributed by atoms with Gasteiger partial charge in [0.1, 0.15) is 12.4 Å². The zero-order valence-electron chi connectivity index (χ0n) is 14.4. The molecular weight excluding hydrogens is 318 g/mol. The zero-order valence-corrected chi connectivity index (χ0v) is 15.2. The topological polar surface area (TPSA) is 38.3 Å². The van der Waals surface area contributed by atoms with Crippen LogP contribution in [0.15, 0.2) is 41.3 Å². The van der Waals surface area contributed by atoms with Gasteiger partial charge in [0, 0.05) is 4.90 Å². The lowest BCUT2D eigenvalue weighted by atomic mass is 10.1. The summed E-state index contributed by atoms with van der Waals surface area (Å²) in [5.74, 6) is 0.978. The number of nitrogens with one attached hydrogen (secondary N) is 1. The molecule has 1 amide bonds. The lowest BCUT2D eigenvalue weighted by Gasteiger charge is -2.12. The minimum absolute atomic E-state index is 0.0251. The lowest BCUT2D eigenvalue weighted by Crippen LogP contribution is -2.35. The third kappa shape index (κ3) is 3.93. The molecule has 24 heavy (non-hydrogen) atoms. The third-order valence-corrected chi connectivity index (χ3v) is 5.48. The van der Waals surface area contributed by atoms with E-state index in [1.165, 1.54) is 21.6 Å². The highest BCUT2D eigenvalue weighted by molar-refractivity contribution is 8.01. The Balaban J connectivity index is 1.45. The largest absolute Gasteiger partial charge is 0.491 e. The molecule has 0 fully saturated rings. The minimum Gasteiger partial charge on any atom is -0.491 e. The summed E-state index contributed by atoms with van der Waals surface area (Å²) in [7, 11) is 0. The molecule has 1 N–H and O–H groups in total. The highest BCUT2D eigenvalue weighted by atomic mass is 32.2. The molecule has 126 valence electrons. The van der Waals surface area contributed by atoms with Crippen molar-refractivity contribution in [1.29, 1.82) is 0 Å². The number of ether oxygens (including phenoxy) is 1. The van der Waals surface area contributed by atoms with Gasteiger partial charge in [0.25, 0.3) is 0 Å². The van der Waals surface area contributed by atoms with Crippen LogP contribution in [0.2, 0.25) is 0 Å². The third-order valence-electron chi connectivity index (χ3n) is 4.18. The maximum atomic E-state index is 12.3. The Kier molecular flexibility index (Phi) is 5.14. The van der Waals surface area contributed by atoms with Crippen molar-refractivity contribution >= 4 is 17.7 Å². The smallest absolute Gasteiger partial charge is 0.233 e. The van der Waals surface area contributed by atoms with Crippen LogP contribution in [-0.2, 0) is 11.2 Å². The molecule has 3 rings (SSSR count). The molecular formula is C20H23NO2S. The summed E-state index contributed by atoms with van der Waals surface area (Å²) >= 11 is 1.66. The number of benzene rings is 2. The van der Waals surface area contributed by atoms with E-state index in [0.29, 0.717) is 13.2 Å². The molecule has 0 aromatic heterocycles. The number of hydrogen-bond donors (Lipinski definition) is 1. The fraction of sp³-hybridized carbons (Fsp3) is 0.350. The molecule has 0 aliphatic carbocycles. The zero-order chi connectivity index (χ0) is 17.1. The van der Waals surface area contributed by atoms with Crippen molar-refractivity contribution < 1.29 is 9.53 Å². The number of hydrogen-bond acceptors (Lipinski definition) is 3. The van der Waals surface area contributed by atoms with Crippen LogP contribution in [0.5, 0.6) is 5.75 Å². The summed E-state index contributed by atoms with van der Waals surface area (Å²) in [6, 6.07) is 12.5. The molecule has 1 aliphatic rings. The molecule has 2 aromatic carbocycles. The molecule has 0 spiro atoms. The second kappa shape index (κ2) is 7.31. The SMILES string of the molecule is Cc1ccc(OCCNC(=O)C2Cc3ccc(C)cc3S2)c(C)c1. The van der Waals surface area contributed by atoms with Gasteiger partial charge in [0.05, 0.1) is 11.8 Å². The Morgan fingerprint density at radius 2 is 1.92 bits per heavy atom. The standard InChI is InChI=1S/C20H23NO2S/c1-13-5-7-17(15(3)10-13)23-9-8-21-20(22)19-12-16-6-4-14(2)11-18(16)24-19/h4-7,10-11,19H,8-9,12H2,1-3H3,(H,21,22). The van der Waals surface area contributed by atoms with Crippen LogP contribution in [0.4, 0.5) is 0 Å². The van der Waals surface area contributed by atoms with E-state index in [-0.39, 0.29) is 11.2 Å². The molecule has 4 heteroatoms. The van der Waals surface area contributed by atoms with Gasteiger partial charge in [-0.15, -0.1) is 11.8 Å². The van der Waals surface area contributed by atoms with E-state index >= 15 is 0 Å². The summed E-state index contributed by atoms with van der Waals surface area (Å²) < 4.78 is 5.76. The van der Waals surface area contributed by atoms with Crippen LogP contribution in [-0.4, -0.2) is 24.3 Å². The maximum Gasteiger partial charge on any atom is 0.233 e. The minimum atomic E-state index is -0.0251. The van der Waals surface area contributed by atoms with E-state index in [2.05, 4.69) is 43.4 Å². The average Bonchev–Trinajstić information content (AvgIpc) is 2.96. The predicted molar refractivity (Wildman–Crippen MR) is 98.9 cm³/mol. The Bertz CT molecular complexity index is 757. The van der Waals surface area contributed by atoms with E-state index in [1.54, 1.807) is 11.8 Å². The molecule has 0 saturated carbocycles. The molecule has 0 bridgehead atoms. The molecule has 2 aromatic rings. The fourth-order valence-electron chi connectivity index (χ4n) is 2.89. The first-order valence-corrected chi connectivity index (χ1v) is 9.15. The number of thioether (sulfide) groups is 1. The lowest BCUT2D eigenvalue weighted by molar-refractivity contribution is -0.120. The summed E-state index contributed by atoms with van der Waals surface area (Å²) in [6.07, 6.45) is 0.810. The first-order chi connectivity index (χ1) is 11.5. The molecule has 3 nitrogen and oxygen atoms in total. The van der Waals surface area contributed by atoms with Crippen LogP contribution in [0.25, 0.3) is 0 Å². The van der Waals surface area contributed by atoms with Crippen LogP contribution in [0.1, 0.15) is 22.3 Å². The number of fused-ring (bicyclic) bond motifs is 1. The number of amides is 1. The van der Waals surface area contributed by atoms with Crippen molar-refractivity contribution in [3.63, 3.8) is 0 Å². The number of aryl methyl sites for hydroxylation is 3. The van der Waals surface area contributed by atoms with Crippen LogP contribution < -0.4 is 10.1 Å². The van der Waals surface area contributed by atoms with Gasteiger partial charge < -0.3 is 10.1 Å². The highest BCUT2D eigenvalue weighted by Crippen LogP contribution is 2.37. The fourth-order valence-corrected chi connectivity index (χ4v) is 4.21. The molecule has 1 heterocycles. The van der Waals surface area contributed by atoms with Crippen molar-refractivity contribution in [2.75, 3.05) is 13.2 Å². The van der Waals surface area contributed by atoms with Crippen molar-refractivity contribution in [1.82, 2.24) is 5.32 Å². The van der Waals surface area contributed by atoms with Gasteiger partial charge in [-0.1, -0.05) is 35.4 Å². The maximum absolute atomic E-state index is 12.3. The Hall–Kier alpha value is -1.94. The number of rotatable bonds is 5. The number of carbonyl (C=O) groups excluding carboxylic acids is 1. The van der Waals surface area contributed by atoms with E-state index in [0.717, 1.165) is 17.7 Å². The highest BCUT2D eigenvalue weighted by Gasteiger charge is 2.27. The van der Waals surface area contributed by atoms with Crippen LogP contribution >= 0.6 is 11.8 Å². The van der Waals surface area contributed by atoms with Gasteiger partial charge in [0.15, 0.2) is 0 Å². The van der Waals surface area contributed by atoms with Gasteiger partial charge in [-0.2, -0.15) is 0 Å². The van der Waals surface area contributed by atoms with Gasteiger partial charge in [-0.3, -0.25) is 4.79 Å². The number of carbonyl (C=O) groups is 1. The normalized spacial score (nSPS) is 15.9. The van der Waals surface area contributed by atoms with Crippen molar-refractivity contribution in [2.24, 2.45) is 0 Å².